The first-order valence-corrected chi connectivity index (χ1v) is 9.81. The standard InChI is InChI=1S/C23H21F2NO4/c1-13(2)29-11-5-10-26-20(15-6-3-4-7-17(15)25)19-21(27)16-12-14(24)8-9-18(16)30-22(19)23(26)28/h3-4,6-9,12-13,20H,5,10-11H2,1-2H3. The molecule has 0 bridgehead atoms. The van der Waals surface area contributed by atoms with Crippen molar-refractivity contribution in [2.45, 2.75) is 32.4 Å². The van der Waals surface area contributed by atoms with Crippen LogP contribution in [0.4, 0.5) is 8.78 Å². The molecule has 2 aromatic carbocycles. The molecule has 3 aromatic rings. The average Bonchev–Trinajstić information content (AvgIpc) is 2.98. The summed E-state index contributed by atoms with van der Waals surface area (Å²) in [5.41, 5.74) is -0.190. The van der Waals surface area contributed by atoms with E-state index in [9.17, 15) is 18.4 Å². The summed E-state index contributed by atoms with van der Waals surface area (Å²) in [5, 5.41) is 0.0212. The van der Waals surface area contributed by atoms with Gasteiger partial charge in [-0.1, -0.05) is 18.2 Å². The lowest BCUT2D eigenvalue weighted by molar-refractivity contribution is 0.0592. The maximum Gasteiger partial charge on any atom is 0.290 e. The third kappa shape index (κ3) is 3.50. The van der Waals surface area contributed by atoms with Crippen LogP contribution < -0.4 is 5.43 Å². The molecule has 0 radical (unpaired) electrons. The van der Waals surface area contributed by atoms with Gasteiger partial charge in [-0.15, -0.1) is 0 Å². The Morgan fingerprint density at radius 2 is 1.90 bits per heavy atom. The molecule has 5 nitrogen and oxygen atoms in total. The molecule has 30 heavy (non-hydrogen) atoms. The molecule has 0 fully saturated rings. The Kier molecular flexibility index (Phi) is 5.39. The van der Waals surface area contributed by atoms with Crippen molar-refractivity contribution in [1.82, 2.24) is 4.90 Å². The van der Waals surface area contributed by atoms with Crippen LogP contribution in [0.25, 0.3) is 11.0 Å². The molecule has 1 aromatic heterocycles. The number of fused-ring (bicyclic) bond motifs is 2. The van der Waals surface area contributed by atoms with E-state index in [0.29, 0.717) is 13.0 Å². The Balaban J connectivity index is 1.84. The van der Waals surface area contributed by atoms with E-state index >= 15 is 0 Å². The first-order valence-electron chi connectivity index (χ1n) is 9.81. The topological polar surface area (TPSA) is 59.8 Å². The van der Waals surface area contributed by atoms with Crippen LogP contribution in [-0.2, 0) is 4.74 Å². The van der Waals surface area contributed by atoms with E-state index in [-0.39, 0.29) is 40.5 Å². The molecule has 4 rings (SSSR count). The van der Waals surface area contributed by atoms with Crippen LogP contribution >= 0.6 is 0 Å². The molecule has 0 saturated carbocycles. The Morgan fingerprint density at radius 1 is 1.13 bits per heavy atom. The minimum absolute atomic E-state index is 0.0212. The summed E-state index contributed by atoms with van der Waals surface area (Å²) in [4.78, 5) is 27.8. The minimum Gasteiger partial charge on any atom is -0.450 e. The first-order chi connectivity index (χ1) is 14.4. The van der Waals surface area contributed by atoms with Gasteiger partial charge in [0.2, 0.25) is 5.76 Å². The maximum atomic E-state index is 14.7. The lowest BCUT2D eigenvalue weighted by atomic mass is 9.98. The second-order valence-electron chi connectivity index (χ2n) is 7.51. The van der Waals surface area contributed by atoms with Gasteiger partial charge in [-0.25, -0.2) is 8.78 Å². The molecule has 1 amide bonds. The summed E-state index contributed by atoms with van der Waals surface area (Å²) in [6.45, 7) is 4.48. The number of amides is 1. The summed E-state index contributed by atoms with van der Waals surface area (Å²) >= 11 is 0. The van der Waals surface area contributed by atoms with Crippen molar-refractivity contribution < 1.29 is 22.7 Å². The number of benzene rings is 2. The lowest BCUT2D eigenvalue weighted by Gasteiger charge is -2.25. The number of hydrogen-bond donors (Lipinski definition) is 0. The lowest BCUT2D eigenvalue weighted by Crippen LogP contribution is -2.32. The van der Waals surface area contributed by atoms with Crippen LogP contribution in [0.15, 0.2) is 51.7 Å². The van der Waals surface area contributed by atoms with Gasteiger partial charge >= 0.3 is 0 Å². The van der Waals surface area contributed by atoms with E-state index in [1.807, 2.05) is 13.8 Å². The number of rotatable bonds is 6. The number of carbonyl (C=O) groups excluding carboxylic acids is 1. The number of nitrogens with zero attached hydrogens (tertiary/aromatic N) is 1. The van der Waals surface area contributed by atoms with Gasteiger partial charge < -0.3 is 14.1 Å². The SMILES string of the molecule is CC(C)OCCCN1C(=O)c2oc3ccc(F)cc3c(=O)c2C1c1ccccc1F. The number of ether oxygens (including phenoxy) is 1. The monoisotopic (exact) mass is 413 g/mol. The van der Waals surface area contributed by atoms with Crippen LogP contribution in [0, 0.1) is 11.6 Å². The third-order valence-electron chi connectivity index (χ3n) is 5.12. The van der Waals surface area contributed by atoms with Crippen LogP contribution in [-0.4, -0.2) is 30.1 Å². The largest absolute Gasteiger partial charge is 0.450 e. The zero-order valence-electron chi connectivity index (χ0n) is 16.7. The molecule has 2 heterocycles. The van der Waals surface area contributed by atoms with Crippen molar-refractivity contribution in [3.8, 4) is 0 Å². The molecule has 0 N–H and O–H groups in total. The van der Waals surface area contributed by atoms with Crippen molar-refractivity contribution in [3.05, 3.63) is 81.2 Å². The van der Waals surface area contributed by atoms with Crippen molar-refractivity contribution >= 4 is 16.9 Å². The average molecular weight is 413 g/mol. The molecular formula is C23H21F2NO4. The normalized spacial score (nSPS) is 16.0. The predicted molar refractivity (Wildman–Crippen MR) is 107 cm³/mol. The fourth-order valence-corrected chi connectivity index (χ4v) is 3.80. The molecule has 0 spiro atoms. The van der Waals surface area contributed by atoms with Gasteiger partial charge in [-0.05, 0) is 44.5 Å². The van der Waals surface area contributed by atoms with Crippen LogP contribution in [0.5, 0.6) is 0 Å². The Bertz CT molecular complexity index is 1170. The van der Waals surface area contributed by atoms with Gasteiger partial charge in [0, 0.05) is 18.7 Å². The van der Waals surface area contributed by atoms with Crippen molar-refractivity contribution in [2.24, 2.45) is 0 Å². The number of halogens is 2. The first kappa shape index (κ1) is 20.2. The summed E-state index contributed by atoms with van der Waals surface area (Å²) in [7, 11) is 0. The van der Waals surface area contributed by atoms with E-state index in [1.165, 1.54) is 29.2 Å². The highest BCUT2D eigenvalue weighted by atomic mass is 19.1. The highest BCUT2D eigenvalue weighted by Gasteiger charge is 2.43. The van der Waals surface area contributed by atoms with E-state index in [1.54, 1.807) is 6.07 Å². The van der Waals surface area contributed by atoms with Crippen molar-refractivity contribution in [2.75, 3.05) is 13.2 Å². The number of hydrogen-bond acceptors (Lipinski definition) is 4. The summed E-state index contributed by atoms with van der Waals surface area (Å²) in [5.74, 6) is -1.75. The second-order valence-corrected chi connectivity index (χ2v) is 7.51. The van der Waals surface area contributed by atoms with Gasteiger partial charge in [0.05, 0.1) is 23.1 Å². The number of carbonyl (C=O) groups is 1. The van der Waals surface area contributed by atoms with E-state index in [4.69, 9.17) is 9.15 Å². The van der Waals surface area contributed by atoms with Crippen LogP contribution in [0.3, 0.4) is 0 Å². The molecule has 1 unspecified atom stereocenters. The van der Waals surface area contributed by atoms with Gasteiger partial charge in [-0.2, -0.15) is 0 Å². The third-order valence-corrected chi connectivity index (χ3v) is 5.12. The quantitative estimate of drug-likeness (QED) is 0.561. The second kappa shape index (κ2) is 7.99. The summed E-state index contributed by atoms with van der Waals surface area (Å²) in [6.07, 6.45) is 0.549. The van der Waals surface area contributed by atoms with Crippen molar-refractivity contribution in [3.63, 3.8) is 0 Å². The smallest absolute Gasteiger partial charge is 0.290 e. The van der Waals surface area contributed by atoms with E-state index < -0.39 is 29.0 Å². The van der Waals surface area contributed by atoms with Gasteiger partial charge in [0.1, 0.15) is 17.2 Å². The van der Waals surface area contributed by atoms with Crippen LogP contribution in [0.2, 0.25) is 0 Å². The molecule has 1 aliphatic heterocycles. The molecule has 7 heteroatoms. The molecule has 156 valence electrons. The molecular weight excluding hydrogens is 392 g/mol. The Morgan fingerprint density at radius 3 is 2.63 bits per heavy atom. The summed E-state index contributed by atoms with van der Waals surface area (Å²) < 4.78 is 39.7. The maximum absolute atomic E-state index is 14.7. The Hall–Kier alpha value is -3.06. The zero-order chi connectivity index (χ0) is 21.4. The zero-order valence-corrected chi connectivity index (χ0v) is 16.7. The highest BCUT2D eigenvalue weighted by Crippen LogP contribution is 2.39. The van der Waals surface area contributed by atoms with E-state index in [0.717, 1.165) is 12.1 Å². The fraction of sp³-hybridized carbons (Fsp3) is 0.304. The fourth-order valence-electron chi connectivity index (χ4n) is 3.80. The molecule has 0 saturated heterocycles. The van der Waals surface area contributed by atoms with Crippen molar-refractivity contribution in [1.29, 1.82) is 0 Å². The molecule has 1 aliphatic rings. The van der Waals surface area contributed by atoms with Gasteiger partial charge in [0.15, 0.2) is 5.43 Å². The molecule has 0 aliphatic carbocycles. The van der Waals surface area contributed by atoms with E-state index in [2.05, 4.69) is 0 Å². The summed E-state index contributed by atoms with van der Waals surface area (Å²) in [6, 6.07) is 8.60. The van der Waals surface area contributed by atoms with Crippen LogP contribution in [0.1, 0.15) is 48.0 Å². The minimum atomic E-state index is -0.948. The molecule has 1 atom stereocenters. The van der Waals surface area contributed by atoms with Gasteiger partial charge in [0.25, 0.3) is 5.91 Å². The Labute approximate surface area is 171 Å². The predicted octanol–water partition coefficient (Wildman–Crippen LogP) is 4.43. The highest BCUT2D eigenvalue weighted by molar-refractivity contribution is 5.99. The van der Waals surface area contributed by atoms with Gasteiger partial charge in [-0.3, -0.25) is 9.59 Å².